The van der Waals surface area contributed by atoms with Crippen molar-refractivity contribution >= 4 is 17.7 Å². The minimum atomic E-state index is -1.18. The fourth-order valence-corrected chi connectivity index (χ4v) is 1.69. The maximum absolute atomic E-state index is 13.0. The number of hydrogen-bond donors (Lipinski definition) is 2. The third-order valence-corrected chi connectivity index (χ3v) is 2.55. The fraction of sp³-hybridized carbons (Fsp3) is 0.0714. The van der Waals surface area contributed by atoms with Crippen LogP contribution in [-0.4, -0.2) is 22.0 Å². The molecule has 2 aromatic rings. The molecule has 6 heteroatoms. The Hall–Kier alpha value is -2.76. The van der Waals surface area contributed by atoms with Gasteiger partial charge in [0.1, 0.15) is 17.2 Å². The number of nitrogens with zero attached hydrogens (tertiary/aromatic N) is 1. The Morgan fingerprint density at radius 3 is 2.75 bits per heavy atom. The molecule has 5 nitrogen and oxygen atoms in total. The number of carbonyl (C=O) groups is 2. The topological polar surface area (TPSA) is 79.3 Å². The highest BCUT2D eigenvalue weighted by Gasteiger charge is 2.13. The first kappa shape index (κ1) is 13.7. The van der Waals surface area contributed by atoms with Gasteiger partial charge in [-0.05, 0) is 29.8 Å². The van der Waals surface area contributed by atoms with Crippen LogP contribution in [0.5, 0.6) is 0 Å². The van der Waals surface area contributed by atoms with Crippen LogP contribution in [0.2, 0.25) is 0 Å². The highest BCUT2D eigenvalue weighted by atomic mass is 19.1. The molecular weight excluding hydrogens is 263 g/mol. The summed E-state index contributed by atoms with van der Waals surface area (Å²) in [6.45, 7) is 0. The van der Waals surface area contributed by atoms with E-state index in [1.807, 2.05) is 0 Å². The third kappa shape index (κ3) is 3.38. The molecular formula is C14H11FN2O3. The molecule has 0 saturated heterocycles. The SMILES string of the molecule is O=C(Cc1cccc(F)c1)Nc1ncccc1C(=O)O. The summed E-state index contributed by atoms with van der Waals surface area (Å²) in [4.78, 5) is 26.6. The molecule has 0 aliphatic carbocycles. The number of rotatable bonds is 4. The molecule has 1 aromatic heterocycles. The Morgan fingerprint density at radius 1 is 1.25 bits per heavy atom. The van der Waals surface area contributed by atoms with Crippen molar-refractivity contribution in [2.45, 2.75) is 6.42 Å². The summed E-state index contributed by atoms with van der Waals surface area (Å²) < 4.78 is 13.0. The zero-order valence-electron chi connectivity index (χ0n) is 10.3. The minimum absolute atomic E-state index is 0.0265. The maximum atomic E-state index is 13.0. The smallest absolute Gasteiger partial charge is 0.339 e. The number of amides is 1. The van der Waals surface area contributed by atoms with Gasteiger partial charge in [0.15, 0.2) is 0 Å². The maximum Gasteiger partial charge on any atom is 0.339 e. The molecule has 1 aromatic carbocycles. The number of nitrogens with one attached hydrogen (secondary N) is 1. The number of pyridine rings is 1. The lowest BCUT2D eigenvalue weighted by atomic mass is 10.1. The Bertz CT molecular complexity index is 658. The van der Waals surface area contributed by atoms with Gasteiger partial charge in [-0.15, -0.1) is 0 Å². The molecule has 0 spiro atoms. The fourth-order valence-electron chi connectivity index (χ4n) is 1.69. The number of hydrogen-bond acceptors (Lipinski definition) is 3. The van der Waals surface area contributed by atoms with Crippen molar-refractivity contribution in [1.29, 1.82) is 0 Å². The molecule has 0 bridgehead atoms. The van der Waals surface area contributed by atoms with Gasteiger partial charge in [0.2, 0.25) is 5.91 Å². The molecule has 0 atom stereocenters. The van der Waals surface area contributed by atoms with Gasteiger partial charge in [0, 0.05) is 6.20 Å². The Labute approximate surface area is 114 Å². The van der Waals surface area contributed by atoms with Crippen LogP contribution in [0.3, 0.4) is 0 Å². The van der Waals surface area contributed by atoms with Gasteiger partial charge in [-0.2, -0.15) is 0 Å². The first-order valence-corrected chi connectivity index (χ1v) is 5.79. The van der Waals surface area contributed by atoms with E-state index in [0.29, 0.717) is 5.56 Å². The number of carbonyl (C=O) groups excluding carboxylic acids is 1. The van der Waals surface area contributed by atoms with Crippen LogP contribution >= 0.6 is 0 Å². The summed E-state index contributed by atoms with van der Waals surface area (Å²) in [7, 11) is 0. The molecule has 0 fully saturated rings. The summed E-state index contributed by atoms with van der Waals surface area (Å²) in [5.41, 5.74) is 0.399. The molecule has 2 N–H and O–H groups in total. The third-order valence-electron chi connectivity index (χ3n) is 2.55. The van der Waals surface area contributed by atoms with E-state index < -0.39 is 17.7 Å². The number of benzene rings is 1. The van der Waals surface area contributed by atoms with Crippen LogP contribution in [-0.2, 0) is 11.2 Å². The Kier molecular flexibility index (Phi) is 4.05. The largest absolute Gasteiger partial charge is 0.478 e. The van der Waals surface area contributed by atoms with Crippen LogP contribution < -0.4 is 5.32 Å². The predicted molar refractivity (Wildman–Crippen MR) is 69.9 cm³/mol. The van der Waals surface area contributed by atoms with Crippen molar-refractivity contribution in [1.82, 2.24) is 4.98 Å². The summed E-state index contributed by atoms with van der Waals surface area (Å²) in [5.74, 6) is -2.10. The number of aromatic nitrogens is 1. The van der Waals surface area contributed by atoms with E-state index in [9.17, 15) is 14.0 Å². The van der Waals surface area contributed by atoms with E-state index in [4.69, 9.17) is 5.11 Å². The van der Waals surface area contributed by atoms with E-state index in [0.717, 1.165) is 0 Å². The van der Waals surface area contributed by atoms with Crippen LogP contribution in [0.4, 0.5) is 10.2 Å². The van der Waals surface area contributed by atoms with Gasteiger partial charge in [-0.1, -0.05) is 12.1 Å². The Morgan fingerprint density at radius 2 is 2.05 bits per heavy atom. The van der Waals surface area contributed by atoms with Crippen LogP contribution in [0.25, 0.3) is 0 Å². The first-order valence-electron chi connectivity index (χ1n) is 5.79. The molecule has 1 amide bonds. The van der Waals surface area contributed by atoms with Crippen LogP contribution in [0, 0.1) is 5.82 Å². The van der Waals surface area contributed by atoms with Crippen molar-refractivity contribution in [3.63, 3.8) is 0 Å². The lowest BCUT2D eigenvalue weighted by Gasteiger charge is -2.07. The van der Waals surface area contributed by atoms with Gasteiger partial charge in [0.05, 0.1) is 6.42 Å². The highest BCUT2D eigenvalue weighted by molar-refractivity contribution is 5.99. The average Bonchev–Trinajstić information content (AvgIpc) is 2.38. The minimum Gasteiger partial charge on any atom is -0.478 e. The van der Waals surface area contributed by atoms with Crippen molar-refractivity contribution in [3.8, 4) is 0 Å². The average molecular weight is 274 g/mol. The Balaban J connectivity index is 2.11. The monoisotopic (exact) mass is 274 g/mol. The zero-order valence-corrected chi connectivity index (χ0v) is 10.3. The second-order valence-corrected chi connectivity index (χ2v) is 4.06. The van der Waals surface area contributed by atoms with E-state index in [1.54, 1.807) is 6.07 Å². The molecule has 0 unspecified atom stereocenters. The van der Waals surface area contributed by atoms with Gasteiger partial charge in [-0.25, -0.2) is 14.2 Å². The van der Waals surface area contributed by atoms with E-state index in [2.05, 4.69) is 10.3 Å². The number of halogens is 1. The van der Waals surface area contributed by atoms with Gasteiger partial charge >= 0.3 is 5.97 Å². The molecule has 0 aliphatic rings. The van der Waals surface area contributed by atoms with Gasteiger partial charge < -0.3 is 10.4 Å². The first-order chi connectivity index (χ1) is 9.56. The number of aromatic carboxylic acids is 1. The molecule has 0 saturated carbocycles. The van der Waals surface area contributed by atoms with Crippen LogP contribution in [0.15, 0.2) is 42.6 Å². The van der Waals surface area contributed by atoms with E-state index >= 15 is 0 Å². The van der Waals surface area contributed by atoms with Crippen molar-refractivity contribution < 1.29 is 19.1 Å². The normalized spacial score (nSPS) is 10.1. The molecule has 102 valence electrons. The lowest BCUT2D eigenvalue weighted by molar-refractivity contribution is -0.115. The number of anilines is 1. The lowest BCUT2D eigenvalue weighted by Crippen LogP contribution is -2.17. The summed E-state index contributed by atoms with van der Waals surface area (Å²) in [5, 5.41) is 11.4. The molecule has 2 rings (SSSR count). The summed E-state index contributed by atoms with van der Waals surface area (Å²) >= 11 is 0. The molecule has 0 radical (unpaired) electrons. The zero-order chi connectivity index (χ0) is 14.5. The van der Waals surface area contributed by atoms with Crippen molar-refractivity contribution in [3.05, 3.63) is 59.5 Å². The second kappa shape index (κ2) is 5.92. The van der Waals surface area contributed by atoms with Crippen molar-refractivity contribution in [2.75, 3.05) is 5.32 Å². The number of carboxylic acid groups (broad SMARTS) is 1. The van der Waals surface area contributed by atoms with E-state index in [-0.39, 0.29) is 17.8 Å². The van der Waals surface area contributed by atoms with Crippen molar-refractivity contribution in [2.24, 2.45) is 0 Å². The summed E-state index contributed by atoms with van der Waals surface area (Å²) in [6.07, 6.45) is 1.32. The van der Waals surface area contributed by atoms with Crippen LogP contribution in [0.1, 0.15) is 15.9 Å². The summed E-state index contributed by atoms with van der Waals surface area (Å²) in [6, 6.07) is 8.44. The second-order valence-electron chi connectivity index (χ2n) is 4.06. The standard InChI is InChI=1S/C14H11FN2O3/c15-10-4-1-3-9(7-10)8-12(18)17-13-11(14(19)20)5-2-6-16-13/h1-7H,8H2,(H,19,20)(H,16,17,18). The predicted octanol–water partition coefficient (Wildman–Crippen LogP) is 2.10. The number of carboxylic acids is 1. The van der Waals surface area contributed by atoms with Gasteiger partial charge in [-0.3, -0.25) is 4.79 Å². The van der Waals surface area contributed by atoms with E-state index in [1.165, 1.54) is 36.5 Å². The quantitative estimate of drug-likeness (QED) is 0.894. The molecule has 0 aliphatic heterocycles. The molecule has 20 heavy (non-hydrogen) atoms. The highest BCUT2D eigenvalue weighted by Crippen LogP contribution is 2.12. The molecule has 1 heterocycles. The van der Waals surface area contributed by atoms with Gasteiger partial charge in [0.25, 0.3) is 0 Å².